The number of aliphatic hydroxyl groups is 2. The van der Waals surface area contributed by atoms with E-state index in [9.17, 15) is 10.2 Å². The van der Waals surface area contributed by atoms with Crippen LogP contribution in [0.15, 0.2) is 12.7 Å². The van der Waals surface area contributed by atoms with E-state index in [0.717, 1.165) is 5.65 Å². The first-order valence-electron chi connectivity index (χ1n) is 5.69. The van der Waals surface area contributed by atoms with E-state index in [1.165, 1.54) is 0 Å². The number of hydrogen-bond acceptors (Lipinski definition) is 6. The third-order valence-corrected chi connectivity index (χ3v) is 3.61. The average molecular weight is 286 g/mol. The van der Waals surface area contributed by atoms with E-state index in [1.54, 1.807) is 17.2 Å². The lowest BCUT2D eigenvalue weighted by molar-refractivity contribution is -0.682. The van der Waals surface area contributed by atoms with Crippen LogP contribution in [0, 0.1) is 0 Å². The highest BCUT2D eigenvalue weighted by Gasteiger charge is 2.49. The van der Waals surface area contributed by atoms with Crippen molar-refractivity contribution in [2.24, 2.45) is 0 Å². The molecule has 2 bridgehead atoms. The zero-order chi connectivity index (χ0) is 12.4. The first-order chi connectivity index (χ1) is 8.66. The van der Waals surface area contributed by atoms with Gasteiger partial charge in [0.1, 0.15) is 24.9 Å². The van der Waals surface area contributed by atoms with E-state index >= 15 is 0 Å². The summed E-state index contributed by atoms with van der Waals surface area (Å²) in [6.07, 6.45) is 0.183. The second-order valence-corrected chi connectivity index (χ2v) is 4.65. The first kappa shape index (κ1) is 12.5. The predicted octanol–water partition coefficient (Wildman–Crippen LogP) is -5.06. The van der Waals surface area contributed by atoms with Crippen LogP contribution in [0.2, 0.25) is 0 Å². The smallest absolute Gasteiger partial charge is 0.263 e. The van der Waals surface area contributed by atoms with E-state index in [4.69, 9.17) is 10.5 Å². The fourth-order valence-corrected chi connectivity index (χ4v) is 2.69. The normalized spacial score (nSPS) is 32.1. The summed E-state index contributed by atoms with van der Waals surface area (Å²) in [5.41, 5.74) is 7.11. The van der Waals surface area contributed by atoms with Crippen LogP contribution in [0.25, 0.3) is 11.2 Å². The van der Waals surface area contributed by atoms with Gasteiger partial charge < -0.3 is 33.1 Å². The minimum Gasteiger partial charge on any atom is -1.00 e. The third kappa shape index (κ3) is 1.48. The van der Waals surface area contributed by atoms with Crippen LogP contribution < -0.4 is 22.7 Å². The summed E-state index contributed by atoms with van der Waals surface area (Å²) >= 11 is 0. The molecule has 102 valence electrons. The number of aliphatic hydroxyl groups excluding tert-OH is 2. The number of halogens is 1. The lowest BCUT2D eigenvalue weighted by Crippen LogP contribution is -3.00. The molecule has 0 amide bonds. The van der Waals surface area contributed by atoms with Gasteiger partial charge in [0.15, 0.2) is 11.8 Å². The van der Waals surface area contributed by atoms with Gasteiger partial charge in [-0.15, -0.1) is 0 Å². The highest BCUT2D eigenvalue weighted by atomic mass is 35.5. The summed E-state index contributed by atoms with van der Waals surface area (Å²) in [7, 11) is 0. The maximum absolute atomic E-state index is 9.98. The molecule has 2 aliphatic heterocycles. The second kappa shape index (κ2) is 4.01. The van der Waals surface area contributed by atoms with Gasteiger partial charge in [0.25, 0.3) is 5.65 Å². The average Bonchev–Trinajstić information content (AvgIpc) is 2.84. The fourth-order valence-electron chi connectivity index (χ4n) is 2.69. The van der Waals surface area contributed by atoms with Crippen LogP contribution in [0.3, 0.4) is 0 Å². The van der Waals surface area contributed by atoms with Crippen molar-refractivity contribution in [1.82, 2.24) is 14.5 Å². The van der Waals surface area contributed by atoms with Crippen LogP contribution >= 0.6 is 0 Å². The van der Waals surface area contributed by atoms with Crippen LogP contribution in [0.1, 0.15) is 6.23 Å². The number of nitrogen functional groups attached to an aromatic ring is 1. The molecule has 2 aliphatic rings. The molecule has 9 heteroatoms. The van der Waals surface area contributed by atoms with E-state index in [1.807, 2.05) is 4.57 Å². The van der Waals surface area contributed by atoms with Crippen molar-refractivity contribution in [3.63, 3.8) is 0 Å². The molecule has 19 heavy (non-hydrogen) atoms. The Bertz CT molecular complexity index is 647. The van der Waals surface area contributed by atoms with Gasteiger partial charge in [0.05, 0.1) is 0 Å². The topological polar surface area (TPSA) is 110 Å². The molecule has 1 saturated heterocycles. The number of anilines is 1. The summed E-state index contributed by atoms with van der Waals surface area (Å²) in [5.74, 6) is 0.341. The largest absolute Gasteiger partial charge is 1.00 e. The van der Waals surface area contributed by atoms with Crippen molar-refractivity contribution >= 4 is 17.0 Å². The summed E-state index contributed by atoms with van der Waals surface area (Å²) in [4.78, 5) is 8.25. The van der Waals surface area contributed by atoms with Crippen molar-refractivity contribution < 1.29 is 31.9 Å². The maximum Gasteiger partial charge on any atom is 0.263 e. The molecular weight excluding hydrogens is 274 g/mol. The molecule has 2 aromatic heterocycles. The Hall–Kier alpha value is -1.48. The summed E-state index contributed by atoms with van der Waals surface area (Å²) in [6, 6.07) is 0. The molecule has 1 fully saturated rings. The number of aromatic nitrogens is 4. The van der Waals surface area contributed by atoms with Crippen molar-refractivity contribution in [2.45, 2.75) is 31.1 Å². The molecule has 4 unspecified atom stereocenters. The number of hydrogen-bond donors (Lipinski definition) is 3. The van der Waals surface area contributed by atoms with Gasteiger partial charge in [-0.05, 0) is 0 Å². The van der Waals surface area contributed by atoms with Crippen molar-refractivity contribution in [1.29, 1.82) is 0 Å². The Morgan fingerprint density at radius 3 is 2.95 bits per heavy atom. The molecule has 0 saturated carbocycles. The van der Waals surface area contributed by atoms with E-state index in [2.05, 4.69) is 9.97 Å². The van der Waals surface area contributed by atoms with Gasteiger partial charge >= 0.3 is 0 Å². The molecule has 4 atom stereocenters. The molecule has 4 rings (SSSR count). The molecule has 0 aromatic carbocycles. The Labute approximate surface area is 113 Å². The molecule has 4 heterocycles. The molecule has 8 nitrogen and oxygen atoms in total. The lowest BCUT2D eigenvalue weighted by atomic mass is 10.1. The molecule has 0 aliphatic carbocycles. The maximum atomic E-state index is 9.98. The number of ether oxygens (including phenoxy) is 1. The van der Waals surface area contributed by atoms with Crippen molar-refractivity contribution in [3.8, 4) is 0 Å². The number of fused-ring (bicyclic) bond motifs is 3. The van der Waals surface area contributed by atoms with Gasteiger partial charge in [-0.25, -0.2) is 14.1 Å². The Kier molecular flexibility index (Phi) is 2.65. The van der Waals surface area contributed by atoms with Gasteiger partial charge in [-0.1, -0.05) is 4.98 Å². The van der Waals surface area contributed by atoms with E-state index < -0.39 is 24.5 Å². The van der Waals surface area contributed by atoms with Crippen molar-refractivity contribution in [2.75, 3.05) is 5.73 Å². The van der Waals surface area contributed by atoms with Gasteiger partial charge in [0, 0.05) is 0 Å². The highest BCUT2D eigenvalue weighted by Crippen LogP contribution is 2.33. The molecule has 4 N–H and O–H groups in total. The number of nitrogens with two attached hydrogens (primary N) is 1. The highest BCUT2D eigenvalue weighted by molar-refractivity contribution is 5.79. The predicted molar refractivity (Wildman–Crippen MR) is 58.1 cm³/mol. The van der Waals surface area contributed by atoms with Crippen LogP contribution in [-0.2, 0) is 11.3 Å². The quantitative estimate of drug-likeness (QED) is 0.418. The first-order valence-corrected chi connectivity index (χ1v) is 5.69. The standard InChI is InChI=1S/C10H11N5O3.ClH/c11-8-5-9-14(2-13-8)1-4-6(16)7(17)10(18-4)15(9)3-12-5;/h2-4,6-7,10-11,16-17H,1H2;1H. The number of imidazole rings is 1. The lowest BCUT2D eigenvalue weighted by Gasteiger charge is -2.16. The SMILES string of the molecule is Nc1nc[n+]2c3c1ncn3C1OC(C2)C(O)C1O.[Cl-]. The van der Waals surface area contributed by atoms with Crippen LogP contribution in [0.5, 0.6) is 0 Å². The minimum atomic E-state index is -0.962. The number of rotatable bonds is 0. The molecular formula is C10H12ClN5O3. The zero-order valence-corrected chi connectivity index (χ0v) is 10.5. The number of nitrogens with zero attached hydrogens (tertiary/aromatic N) is 4. The zero-order valence-electron chi connectivity index (χ0n) is 9.72. The Morgan fingerprint density at radius 1 is 1.37 bits per heavy atom. The minimum absolute atomic E-state index is 0. The van der Waals surface area contributed by atoms with Crippen LogP contribution in [0.4, 0.5) is 5.82 Å². The Balaban J connectivity index is 0.00000110. The second-order valence-electron chi connectivity index (χ2n) is 4.65. The molecule has 0 spiro atoms. The molecule has 0 radical (unpaired) electrons. The van der Waals surface area contributed by atoms with Crippen LogP contribution in [-0.4, -0.2) is 43.1 Å². The van der Waals surface area contributed by atoms with Gasteiger partial charge in [-0.2, -0.15) is 0 Å². The molecule has 2 aromatic rings. The van der Waals surface area contributed by atoms with Crippen molar-refractivity contribution in [3.05, 3.63) is 12.7 Å². The third-order valence-electron chi connectivity index (χ3n) is 3.61. The Morgan fingerprint density at radius 2 is 2.16 bits per heavy atom. The van der Waals surface area contributed by atoms with Gasteiger partial charge in [-0.3, -0.25) is 0 Å². The van der Waals surface area contributed by atoms with E-state index in [0.29, 0.717) is 17.9 Å². The summed E-state index contributed by atoms with van der Waals surface area (Å²) < 4.78 is 9.17. The fraction of sp³-hybridized carbons (Fsp3) is 0.500. The summed E-state index contributed by atoms with van der Waals surface area (Å²) in [5, 5.41) is 19.9. The van der Waals surface area contributed by atoms with Gasteiger partial charge in [0.2, 0.25) is 18.4 Å². The monoisotopic (exact) mass is 285 g/mol. The summed E-state index contributed by atoms with van der Waals surface area (Å²) in [6.45, 7) is 0.407. The van der Waals surface area contributed by atoms with E-state index in [-0.39, 0.29) is 12.4 Å².